The van der Waals surface area contributed by atoms with Gasteiger partial charge in [-0.25, -0.2) is 0 Å². The number of nitrogens with one attached hydrogen (secondary N) is 1. The number of benzene rings is 1. The topological polar surface area (TPSA) is 12.0 Å². The maximum Gasteiger partial charge on any atom is 0.418 e. The molecule has 1 nitrogen and oxygen atoms in total. The third-order valence-corrected chi connectivity index (χ3v) is 2.51. The van der Waals surface area contributed by atoms with Gasteiger partial charge in [0.25, 0.3) is 0 Å². The summed E-state index contributed by atoms with van der Waals surface area (Å²) < 4.78 is 37.6. The first kappa shape index (κ1) is 10.3. The molecular weight excluding hydrogens is 203 g/mol. The lowest BCUT2D eigenvalue weighted by molar-refractivity contribution is -0.136. The van der Waals surface area contributed by atoms with Crippen molar-refractivity contribution in [1.29, 1.82) is 0 Å². The lowest BCUT2D eigenvalue weighted by Gasteiger charge is -2.13. The Morgan fingerprint density at radius 1 is 1.20 bits per heavy atom. The van der Waals surface area contributed by atoms with Crippen LogP contribution in [-0.2, 0) is 6.18 Å². The van der Waals surface area contributed by atoms with E-state index in [4.69, 9.17) is 0 Å². The first-order chi connectivity index (χ1) is 7.07. The standard InChI is InChI=1S/C11H12F3N/c12-11(13,14)9-3-1-2-4-10(9)15-7-8-5-6-8/h1-4,8,15H,5-7H2. The fraction of sp³-hybridized carbons (Fsp3) is 0.455. The lowest BCUT2D eigenvalue weighted by Crippen LogP contribution is -2.12. The highest BCUT2D eigenvalue weighted by molar-refractivity contribution is 5.52. The van der Waals surface area contributed by atoms with Gasteiger partial charge in [-0.05, 0) is 30.9 Å². The van der Waals surface area contributed by atoms with Crippen LogP contribution in [0.1, 0.15) is 18.4 Å². The summed E-state index contributed by atoms with van der Waals surface area (Å²) in [7, 11) is 0. The van der Waals surface area contributed by atoms with Crippen LogP contribution in [0.15, 0.2) is 24.3 Å². The van der Waals surface area contributed by atoms with E-state index in [0.717, 1.165) is 18.9 Å². The van der Waals surface area contributed by atoms with Crippen molar-refractivity contribution < 1.29 is 13.2 Å². The Labute approximate surface area is 86.3 Å². The summed E-state index contributed by atoms with van der Waals surface area (Å²) in [6.45, 7) is 0.646. The molecule has 0 aliphatic heterocycles. The van der Waals surface area contributed by atoms with Gasteiger partial charge >= 0.3 is 6.18 Å². The Hall–Kier alpha value is -1.19. The molecule has 82 valence electrons. The van der Waals surface area contributed by atoms with E-state index >= 15 is 0 Å². The number of alkyl halides is 3. The minimum Gasteiger partial charge on any atom is -0.384 e. The molecule has 0 aromatic heterocycles. The highest BCUT2D eigenvalue weighted by Crippen LogP contribution is 2.35. The molecule has 0 saturated heterocycles. The quantitative estimate of drug-likeness (QED) is 0.813. The van der Waals surface area contributed by atoms with E-state index in [1.54, 1.807) is 6.07 Å². The second-order valence-electron chi connectivity index (χ2n) is 3.87. The number of hydrogen-bond donors (Lipinski definition) is 1. The molecule has 0 spiro atoms. The van der Waals surface area contributed by atoms with E-state index in [-0.39, 0.29) is 5.69 Å². The number of para-hydroxylation sites is 1. The molecule has 1 fully saturated rings. The zero-order chi connectivity index (χ0) is 10.9. The molecule has 1 saturated carbocycles. The third kappa shape index (κ3) is 2.64. The van der Waals surface area contributed by atoms with Crippen molar-refractivity contribution in [3.8, 4) is 0 Å². The molecule has 0 unspecified atom stereocenters. The summed E-state index contributed by atoms with van der Waals surface area (Å²) >= 11 is 0. The highest BCUT2D eigenvalue weighted by atomic mass is 19.4. The zero-order valence-electron chi connectivity index (χ0n) is 8.14. The molecule has 1 N–H and O–H groups in total. The average molecular weight is 215 g/mol. The van der Waals surface area contributed by atoms with Crippen LogP contribution >= 0.6 is 0 Å². The predicted octanol–water partition coefficient (Wildman–Crippen LogP) is 3.53. The Morgan fingerprint density at radius 3 is 2.47 bits per heavy atom. The van der Waals surface area contributed by atoms with Crippen LogP contribution in [0.5, 0.6) is 0 Å². The van der Waals surface area contributed by atoms with Crippen molar-refractivity contribution in [3.05, 3.63) is 29.8 Å². The van der Waals surface area contributed by atoms with Gasteiger partial charge in [0.05, 0.1) is 5.56 Å². The van der Waals surface area contributed by atoms with Gasteiger partial charge in [0.2, 0.25) is 0 Å². The first-order valence-electron chi connectivity index (χ1n) is 4.97. The SMILES string of the molecule is FC(F)(F)c1ccccc1NCC1CC1. The van der Waals surface area contributed by atoms with Crippen molar-refractivity contribution in [2.45, 2.75) is 19.0 Å². The van der Waals surface area contributed by atoms with E-state index in [2.05, 4.69) is 5.32 Å². The van der Waals surface area contributed by atoms with Gasteiger partial charge in [0, 0.05) is 12.2 Å². The second kappa shape index (κ2) is 3.76. The Morgan fingerprint density at radius 2 is 1.87 bits per heavy atom. The van der Waals surface area contributed by atoms with Crippen LogP contribution in [0.2, 0.25) is 0 Å². The highest BCUT2D eigenvalue weighted by Gasteiger charge is 2.33. The molecule has 4 heteroatoms. The largest absolute Gasteiger partial charge is 0.418 e. The average Bonchev–Trinajstić information content (AvgIpc) is 2.97. The molecular formula is C11H12F3N. The number of hydrogen-bond acceptors (Lipinski definition) is 1. The van der Waals surface area contributed by atoms with E-state index in [9.17, 15) is 13.2 Å². The minimum absolute atomic E-state index is 0.192. The van der Waals surface area contributed by atoms with Crippen molar-refractivity contribution in [1.82, 2.24) is 0 Å². The number of halogens is 3. The Bertz CT molecular complexity index is 342. The summed E-state index contributed by atoms with van der Waals surface area (Å²) in [5.74, 6) is 0.561. The van der Waals surface area contributed by atoms with Crippen LogP contribution in [0, 0.1) is 5.92 Å². The smallest absolute Gasteiger partial charge is 0.384 e. The molecule has 15 heavy (non-hydrogen) atoms. The fourth-order valence-corrected chi connectivity index (χ4v) is 1.46. The van der Waals surface area contributed by atoms with Crippen molar-refractivity contribution >= 4 is 5.69 Å². The van der Waals surface area contributed by atoms with Gasteiger partial charge in [-0.2, -0.15) is 13.2 Å². The molecule has 1 aromatic rings. The summed E-state index contributed by atoms with van der Waals surface area (Å²) in [4.78, 5) is 0. The lowest BCUT2D eigenvalue weighted by atomic mass is 10.1. The molecule has 2 rings (SSSR count). The van der Waals surface area contributed by atoms with Crippen LogP contribution in [0.3, 0.4) is 0 Å². The van der Waals surface area contributed by atoms with Crippen molar-refractivity contribution in [3.63, 3.8) is 0 Å². The molecule has 1 aromatic carbocycles. The third-order valence-electron chi connectivity index (χ3n) is 2.51. The Balaban J connectivity index is 2.13. The molecule has 0 radical (unpaired) electrons. The molecule has 1 aliphatic carbocycles. The van der Waals surface area contributed by atoms with Crippen molar-refractivity contribution in [2.24, 2.45) is 5.92 Å². The Kier molecular flexibility index (Phi) is 2.59. The zero-order valence-corrected chi connectivity index (χ0v) is 8.14. The molecule has 0 amide bonds. The van der Waals surface area contributed by atoms with E-state index in [0.29, 0.717) is 12.5 Å². The van der Waals surface area contributed by atoms with Crippen LogP contribution in [-0.4, -0.2) is 6.54 Å². The minimum atomic E-state index is -4.27. The monoisotopic (exact) mass is 215 g/mol. The van der Waals surface area contributed by atoms with E-state index < -0.39 is 11.7 Å². The van der Waals surface area contributed by atoms with Gasteiger partial charge in [0.15, 0.2) is 0 Å². The number of anilines is 1. The van der Waals surface area contributed by atoms with Gasteiger partial charge in [-0.1, -0.05) is 12.1 Å². The normalized spacial score (nSPS) is 16.5. The van der Waals surface area contributed by atoms with Gasteiger partial charge in [-0.15, -0.1) is 0 Å². The van der Waals surface area contributed by atoms with Gasteiger partial charge < -0.3 is 5.32 Å². The predicted molar refractivity (Wildman–Crippen MR) is 52.7 cm³/mol. The van der Waals surface area contributed by atoms with Crippen LogP contribution in [0.4, 0.5) is 18.9 Å². The summed E-state index contributed by atoms with van der Waals surface area (Å²) in [6.07, 6.45) is -2.02. The first-order valence-corrected chi connectivity index (χ1v) is 4.97. The summed E-state index contributed by atoms with van der Waals surface area (Å²) in [5, 5.41) is 2.86. The maximum absolute atomic E-state index is 12.5. The molecule has 0 heterocycles. The van der Waals surface area contributed by atoms with E-state index in [1.807, 2.05) is 0 Å². The molecule has 1 aliphatic rings. The maximum atomic E-state index is 12.5. The second-order valence-corrected chi connectivity index (χ2v) is 3.87. The van der Waals surface area contributed by atoms with Crippen molar-refractivity contribution in [2.75, 3.05) is 11.9 Å². The number of rotatable bonds is 3. The summed E-state index contributed by atoms with van der Waals surface area (Å²) in [6, 6.07) is 5.61. The van der Waals surface area contributed by atoms with Gasteiger partial charge in [-0.3, -0.25) is 0 Å². The van der Waals surface area contributed by atoms with Crippen LogP contribution in [0.25, 0.3) is 0 Å². The van der Waals surface area contributed by atoms with Gasteiger partial charge in [0.1, 0.15) is 0 Å². The summed E-state index contributed by atoms with van der Waals surface area (Å²) in [5.41, 5.74) is -0.387. The fourth-order valence-electron chi connectivity index (χ4n) is 1.46. The van der Waals surface area contributed by atoms with E-state index in [1.165, 1.54) is 12.1 Å². The van der Waals surface area contributed by atoms with Crippen LogP contribution < -0.4 is 5.32 Å². The molecule has 0 atom stereocenters. The molecule has 0 bridgehead atoms.